The normalized spacial score (nSPS) is 10.8. The third-order valence-corrected chi connectivity index (χ3v) is 4.34. The highest BCUT2D eigenvalue weighted by Gasteiger charge is 2.05. The molecule has 1 aromatic carbocycles. The summed E-state index contributed by atoms with van der Waals surface area (Å²) in [5, 5.41) is 8.02. The maximum atomic E-state index is 5.83. The predicted octanol–water partition coefficient (Wildman–Crippen LogP) is 4.15. The van der Waals surface area contributed by atoms with E-state index >= 15 is 0 Å². The number of nitrogens with zero attached hydrogens (tertiary/aromatic N) is 4. The van der Waals surface area contributed by atoms with Crippen LogP contribution in [0.3, 0.4) is 0 Å². The first-order valence-electron chi connectivity index (χ1n) is 7.07. The van der Waals surface area contributed by atoms with Crippen molar-refractivity contribution in [2.45, 2.75) is 20.4 Å². The van der Waals surface area contributed by atoms with Crippen molar-refractivity contribution in [1.29, 1.82) is 0 Å². The molecule has 5 nitrogen and oxygen atoms in total. The highest BCUT2D eigenvalue weighted by atomic mass is 127. The van der Waals surface area contributed by atoms with Crippen LogP contribution in [0.2, 0.25) is 5.28 Å². The molecule has 0 spiro atoms. The minimum absolute atomic E-state index is 0.243. The van der Waals surface area contributed by atoms with E-state index in [2.05, 4.69) is 80.2 Å². The lowest BCUT2D eigenvalue weighted by Gasteiger charge is -2.09. The van der Waals surface area contributed by atoms with Crippen LogP contribution in [0.4, 0.5) is 5.82 Å². The molecule has 0 saturated heterocycles. The Kier molecular flexibility index (Phi) is 4.82. The predicted molar refractivity (Wildman–Crippen MR) is 100 cm³/mol. The molecule has 1 N–H and O–H groups in total. The summed E-state index contributed by atoms with van der Waals surface area (Å²) in [4.78, 5) is 8.14. The number of hydrogen-bond donors (Lipinski definition) is 1. The van der Waals surface area contributed by atoms with Gasteiger partial charge in [0, 0.05) is 18.4 Å². The molecule has 0 saturated carbocycles. The van der Waals surface area contributed by atoms with Gasteiger partial charge in [-0.05, 0) is 71.8 Å². The summed E-state index contributed by atoms with van der Waals surface area (Å²) in [7, 11) is 0. The maximum absolute atomic E-state index is 5.83. The van der Waals surface area contributed by atoms with Crippen LogP contribution in [0.15, 0.2) is 36.5 Å². The monoisotopic (exact) mass is 439 g/mol. The Morgan fingerprint density at radius 2 is 1.96 bits per heavy atom. The minimum Gasteiger partial charge on any atom is -0.365 e. The molecule has 2 heterocycles. The van der Waals surface area contributed by atoms with Gasteiger partial charge in [0.15, 0.2) is 0 Å². The number of halogens is 2. The third kappa shape index (κ3) is 3.81. The number of anilines is 1. The summed E-state index contributed by atoms with van der Waals surface area (Å²) in [5.41, 5.74) is 4.35. The van der Waals surface area contributed by atoms with Crippen LogP contribution in [-0.2, 0) is 6.54 Å². The van der Waals surface area contributed by atoms with Crippen molar-refractivity contribution in [3.8, 4) is 5.69 Å². The molecule has 23 heavy (non-hydrogen) atoms. The first kappa shape index (κ1) is 16.2. The van der Waals surface area contributed by atoms with E-state index in [9.17, 15) is 0 Å². The fourth-order valence-electron chi connectivity index (χ4n) is 2.30. The standard InChI is InChI=1S/C16H15ClIN5/c1-10-7-11(2)23(22-10)13-5-3-12(4-6-13)8-19-15-14(18)9-20-16(17)21-15/h3-7,9H,8H2,1-2H3,(H,19,20,21). The zero-order chi connectivity index (χ0) is 16.4. The second kappa shape index (κ2) is 6.84. The van der Waals surface area contributed by atoms with E-state index in [0.29, 0.717) is 6.54 Å². The van der Waals surface area contributed by atoms with Gasteiger partial charge in [-0.15, -0.1) is 0 Å². The quantitative estimate of drug-likeness (QED) is 0.490. The van der Waals surface area contributed by atoms with Gasteiger partial charge in [-0.1, -0.05) is 12.1 Å². The Labute approximate surface area is 153 Å². The van der Waals surface area contributed by atoms with E-state index in [1.165, 1.54) is 0 Å². The molecule has 0 amide bonds. The molecule has 0 aliphatic carbocycles. The van der Waals surface area contributed by atoms with E-state index in [-0.39, 0.29) is 5.28 Å². The fraction of sp³-hybridized carbons (Fsp3) is 0.188. The SMILES string of the molecule is Cc1cc(C)n(-c2ccc(CNc3nc(Cl)ncc3I)cc2)n1. The van der Waals surface area contributed by atoms with E-state index in [1.807, 2.05) is 11.6 Å². The second-order valence-electron chi connectivity index (χ2n) is 5.19. The molecule has 0 aliphatic rings. The van der Waals surface area contributed by atoms with Gasteiger partial charge in [-0.2, -0.15) is 10.1 Å². The molecular formula is C16H15ClIN5. The second-order valence-corrected chi connectivity index (χ2v) is 6.69. The van der Waals surface area contributed by atoms with Gasteiger partial charge >= 0.3 is 0 Å². The lowest BCUT2D eigenvalue weighted by Crippen LogP contribution is -2.05. The Bertz CT molecular complexity index is 829. The maximum Gasteiger partial charge on any atom is 0.224 e. The van der Waals surface area contributed by atoms with E-state index in [0.717, 1.165) is 32.0 Å². The van der Waals surface area contributed by atoms with Crippen LogP contribution in [0, 0.1) is 17.4 Å². The first-order chi connectivity index (χ1) is 11.0. The lowest BCUT2D eigenvalue weighted by molar-refractivity contribution is 0.833. The van der Waals surface area contributed by atoms with Gasteiger partial charge in [0.25, 0.3) is 0 Å². The molecule has 0 fully saturated rings. The number of hydrogen-bond acceptors (Lipinski definition) is 4. The van der Waals surface area contributed by atoms with Crippen molar-refractivity contribution in [2.75, 3.05) is 5.32 Å². The molecule has 0 unspecified atom stereocenters. The molecule has 7 heteroatoms. The smallest absolute Gasteiger partial charge is 0.224 e. The van der Waals surface area contributed by atoms with Gasteiger partial charge in [-0.3, -0.25) is 0 Å². The van der Waals surface area contributed by atoms with Gasteiger partial charge in [-0.25, -0.2) is 9.67 Å². The molecule has 118 valence electrons. The number of benzene rings is 1. The molecular weight excluding hydrogens is 425 g/mol. The van der Waals surface area contributed by atoms with Crippen molar-refractivity contribution in [3.05, 3.63) is 62.3 Å². The average molecular weight is 440 g/mol. The summed E-state index contributed by atoms with van der Waals surface area (Å²) in [6.07, 6.45) is 1.70. The van der Waals surface area contributed by atoms with Gasteiger partial charge in [0.2, 0.25) is 5.28 Å². The summed E-state index contributed by atoms with van der Waals surface area (Å²) < 4.78 is 2.88. The van der Waals surface area contributed by atoms with Crippen LogP contribution < -0.4 is 5.32 Å². The van der Waals surface area contributed by atoms with Crippen LogP contribution in [0.5, 0.6) is 0 Å². The molecule has 0 bridgehead atoms. The first-order valence-corrected chi connectivity index (χ1v) is 8.53. The van der Waals surface area contributed by atoms with Crippen LogP contribution >= 0.6 is 34.2 Å². The number of aromatic nitrogens is 4. The molecule has 0 atom stereocenters. The van der Waals surface area contributed by atoms with Crippen molar-refractivity contribution >= 4 is 40.0 Å². The van der Waals surface area contributed by atoms with Gasteiger partial charge in [0.1, 0.15) is 5.82 Å². The summed E-state index contributed by atoms with van der Waals surface area (Å²) in [5.74, 6) is 0.744. The largest absolute Gasteiger partial charge is 0.365 e. The van der Waals surface area contributed by atoms with Crippen molar-refractivity contribution in [1.82, 2.24) is 19.7 Å². The molecule has 3 rings (SSSR count). The number of rotatable bonds is 4. The zero-order valence-corrected chi connectivity index (χ0v) is 15.6. The summed E-state index contributed by atoms with van der Waals surface area (Å²) >= 11 is 8.01. The number of nitrogens with one attached hydrogen (secondary N) is 1. The Morgan fingerprint density at radius 3 is 2.61 bits per heavy atom. The highest BCUT2D eigenvalue weighted by molar-refractivity contribution is 14.1. The molecule has 0 radical (unpaired) electrons. The lowest BCUT2D eigenvalue weighted by atomic mass is 10.2. The van der Waals surface area contributed by atoms with E-state index < -0.39 is 0 Å². The van der Waals surface area contributed by atoms with E-state index in [1.54, 1.807) is 6.20 Å². The van der Waals surface area contributed by atoms with Crippen LogP contribution in [0.1, 0.15) is 17.0 Å². The molecule has 0 aliphatic heterocycles. The summed E-state index contributed by atoms with van der Waals surface area (Å²) in [6, 6.07) is 10.3. The topological polar surface area (TPSA) is 55.6 Å². The van der Waals surface area contributed by atoms with Crippen molar-refractivity contribution in [3.63, 3.8) is 0 Å². The molecule has 3 aromatic rings. The summed E-state index contributed by atoms with van der Waals surface area (Å²) in [6.45, 7) is 4.72. The Balaban J connectivity index is 1.73. The fourth-order valence-corrected chi connectivity index (χ4v) is 2.88. The average Bonchev–Trinajstić information content (AvgIpc) is 2.87. The van der Waals surface area contributed by atoms with E-state index in [4.69, 9.17) is 11.6 Å². The Hall–Kier alpha value is -1.67. The minimum atomic E-state index is 0.243. The van der Waals surface area contributed by atoms with Crippen molar-refractivity contribution in [2.24, 2.45) is 0 Å². The van der Waals surface area contributed by atoms with Crippen molar-refractivity contribution < 1.29 is 0 Å². The molecule has 2 aromatic heterocycles. The zero-order valence-electron chi connectivity index (χ0n) is 12.7. The highest BCUT2D eigenvalue weighted by Crippen LogP contribution is 2.18. The van der Waals surface area contributed by atoms with Crippen LogP contribution in [-0.4, -0.2) is 19.7 Å². The third-order valence-electron chi connectivity index (χ3n) is 3.37. The van der Waals surface area contributed by atoms with Crippen LogP contribution in [0.25, 0.3) is 5.69 Å². The Morgan fingerprint density at radius 1 is 1.22 bits per heavy atom. The van der Waals surface area contributed by atoms with Gasteiger partial charge in [0.05, 0.1) is 15.0 Å². The number of aryl methyl sites for hydroxylation is 2. The van der Waals surface area contributed by atoms with Gasteiger partial charge < -0.3 is 5.32 Å².